The summed E-state index contributed by atoms with van der Waals surface area (Å²) in [5.41, 5.74) is 5.89. The van der Waals surface area contributed by atoms with Gasteiger partial charge in [-0.05, 0) is 48.4 Å². The molecular formula is C19H23N3. The predicted octanol–water partition coefficient (Wildman–Crippen LogP) is 3.98. The van der Waals surface area contributed by atoms with E-state index in [4.69, 9.17) is 5.26 Å². The van der Waals surface area contributed by atoms with Gasteiger partial charge in [0, 0.05) is 29.7 Å². The Kier molecular flexibility index (Phi) is 3.23. The van der Waals surface area contributed by atoms with Crippen LogP contribution in [0.1, 0.15) is 55.5 Å². The second-order valence-corrected chi connectivity index (χ2v) is 6.98. The van der Waals surface area contributed by atoms with Crippen molar-refractivity contribution in [2.75, 3.05) is 13.1 Å². The lowest BCUT2D eigenvalue weighted by Gasteiger charge is -2.38. The van der Waals surface area contributed by atoms with Gasteiger partial charge in [0.05, 0.1) is 18.7 Å². The largest absolute Gasteiger partial charge is 0.342 e. The van der Waals surface area contributed by atoms with Gasteiger partial charge < -0.3 is 4.57 Å². The Morgan fingerprint density at radius 3 is 2.95 bits per heavy atom. The lowest BCUT2D eigenvalue weighted by molar-refractivity contribution is 0.160. The molecule has 3 nitrogen and oxygen atoms in total. The summed E-state index contributed by atoms with van der Waals surface area (Å²) in [6, 6.07) is 9.83. The summed E-state index contributed by atoms with van der Waals surface area (Å²) >= 11 is 0. The molecule has 0 N–H and O–H groups in total. The molecule has 114 valence electrons. The number of aromatic nitrogens is 1. The van der Waals surface area contributed by atoms with E-state index >= 15 is 0 Å². The number of aryl methyl sites for hydroxylation is 1. The van der Waals surface area contributed by atoms with Crippen molar-refractivity contribution in [3.05, 3.63) is 35.0 Å². The number of nitriles is 1. The van der Waals surface area contributed by atoms with Crippen molar-refractivity contribution >= 4 is 10.9 Å². The Hall–Kier alpha value is -1.79. The molecular weight excluding hydrogens is 270 g/mol. The lowest BCUT2D eigenvalue weighted by atomic mass is 9.89. The quantitative estimate of drug-likeness (QED) is 0.784. The van der Waals surface area contributed by atoms with E-state index in [-0.39, 0.29) is 0 Å². The Balaban J connectivity index is 1.92. The highest BCUT2D eigenvalue weighted by Gasteiger charge is 2.34. The lowest BCUT2D eigenvalue weighted by Crippen LogP contribution is -2.39. The molecule has 3 heteroatoms. The van der Waals surface area contributed by atoms with Crippen LogP contribution in [0, 0.1) is 11.3 Å². The minimum atomic E-state index is 0.451. The topological polar surface area (TPSA) is 32.0 Å². The normalized spacial score (nSPS) is 21.1. The van der Waals surface area contributed by atoms with E-state index in [1.54, 1.807) is 5.56 Å². The summed E-state index contributed by atoms with van der Waals surface area (Å²) in [4.78, 5) is 2.38. The maximum Gasteiger partial charge on any atom is 0.0872 e. The molecule has 2 heterocycles. The molecule has 1 unspecified atom stereocenters. The number of hydrogen-bond acceptors (Lipinski definition) is 2. The fourth-order valence-electron chi connectivity index (χ4n) is 4.33. The van der Waals surface area contributed by atoms with Gasteiger partial charge in [-0.3, -0.25) is 4.90 Å². The van der Waals surface area contributed by atoms with Crippen molar-refractivity contribution in [2.45, 2.75) is 51.6 Å². The fraction of sp³-hybridized carbons (Fsp3) is 0.526. The zero-order valence-electron chi connectivity index (χ0n) is 13.5. The molecule has 4 rings (SSSR count). The first-order valence-corrected chi connectivity index (χ1v) is 8.46. The van der Waals surface area contributed by atoms with Crippen molar-refractivity contribution in [1.82, 2.24) is 9.47 Å². The average molecular weight is 293 g/mol. The van der Waals surface area contributed by atoms with Crippen molar-refractivity contribution in [3.63, 3.8) is 0 Å². The van der Waals surface area contributed by atoms with E-state index < -0.39 is 0 Å². The highest BCUT2D eigenvalue weighted by molar-refractivity contribution is 5.87. The summed E-state index contributed by atoms with van der Waals surface area (Å²) in [7, 11) is 0. The molecule has 0 saturated carbocycles. The molecule has 1 aliphatic carbocycles. The Morgan fingerprint density at radius 1 is 1.32 bits per heavy atom. The molecule has 1 aromatic carbocycles. The number of benzene rings is 1. The van der Waals surface area contributed by atoms with Crippen LogP contribution in [0.15, 0.2) is 18.2 Å². The average Bonchev–Trinajstić information content (AvgIpc) is 2.85. The second-order valence-electron chi connectivity index (χ2n) is 6.98. The van der Waals surface area contributed by atoms with Gasteiger partial charge in [-0.25, -0.2) is 0 Å². The van der Waals surface area contributed by atoms with Gasteiger partial charge in [-0.15, -0.1) is 0 Å². The molecule has 0 radical (unpaired) electrons. The van der Waals surface area contributed by atoms with E-state index in [1.165, 1.54) is 41.4 Å². The van der Waals surface area contributed by atoms with E-state index in [0.717, 1.165) is 13.1 Å². The minimum absolute atomic E-state index is 0.451. The van der Waals surface area contributed by atoms with Crippen LogP contribution in [0.3, 0.4) is 0 Å². The monoisotopic (exact) mass is 293 g/mol. The molecule has 1 aromatic heterocycles. The van der Waals surface area contributed by atoms with Gasteiger partial charge in [-0.2, -0.15) is 5.26 Å². The standard InChI is InChI=1S/C19H23N3/c1-13(2)14-6-7-17-16(12-14)15-4-3-5-18-19(15)22(17)11-10-21(18)9-8-20/h6-7,12-13,18H,3-5,9-11H2,1-2H3. The maximum absolute atomic E-state index is 9.11. The first kappa shape index (κ1) is 13.8. The zero-order valence-corrected chi connectivity index (χ0v) is 13.5. The first-order valence-electron chi connectivity index (χ1n) is 8.46. The molecule has 0 bridgehead atoms. The molecule has 0 fully saturated rings. The van der Waals surface area contributed by atoms with Crippen LogP contribution in [0.4, 0.5) is 0 Å². The van der Waals surface area contributed by atoms with Gasteiger partial charge in [-0.1, -0.05) is 19.9 Å². The van der Waals surface area contributed by atoms with Gasteiger partial charge in [0.2, 0.25) is 0 Å². The van der Waals surface area contributed by atoms with E-state index in [0.29, 0.717) is 18.5 Å². The first-order chi connectivity index (χ1) is 10.7. The van der Waals surface area contributed by atoms with Gasteiger partial charge >= 0.3 is 0 Å². The molecule has 1 aliphatic heterocycles. The van der Waals surface area contributed by atoms with Gasteiger partial charge in [0.15, 0.2) is 0 Å². The molecule has 2 aliphatic rings. The van der Waals surface area contributed by atoms with Crippen LogP contribution in [-0.4, -0.2) is 22.6 Å². The minimum Gasteiger partial charge on any atom is -0.342 e. The predicted molar refractivity (Wildman–Crippen MR) is 88.9 cm³/mol. The third-order valence-electron chi connectivity index (χ3n) is 5.45. The van der Waals surface area contributed by atoms with E-state index in [1.807, 2.05) is 0 Å². The van der Waals surface area contributed by atoms with Crippen molar-refractivity contribution in [2.24, 2.45) is 0 Å². The number of hydrogen-bond donors (Lipinski definition) is 0. The maximum atomic E-state index is 9.11. The second kappa shape index (κ2) is 5.14. The highest BCUT2D eigenvalue weighted by atomic mass is 15.2. The Bertz CT molecular complexity index is 763. The number of rotatable bonds is 2. The number of fused-ring (bicyclic) bond motifs is 3. The van der Waals surface area contributed by atoms with E-state index in [2.05, 4.69) is 47.6 Å². The molecule has 22 heavy (non-hydrogen) atoms. The van der Waals surface area contributed by atoms with Crippen molar-refractivity contribution in [1.29, 1.82) is 5.26 Å². The molecule has 0 amide bonds. The molecule has 0 saturated heterocycles. The van der Waals surface area contributed by atoms with Crippen LogP contribution in [-0.2, 0) is 13.0 Å². The highest BCUT2D eigenvalue weighted by Crippen LogP contribution is 2.42. The molecule has 2 aromatic rings. The summed E-state index contributed by atoms with van der Waals surface area (Å²) in [6.45, 7) is 7.11. The van der Waals surface area contributed by atoms with Crippen molar-refractivity contribution in [3.8, 4) is 6.07 Å². The summed E-state index contributed by atoms with van der Waals surface area (Å²) in [6.07, 6.45) is 3.63. The Labute approximate surface area is 132 Å². The van der Waals surface area contributed by atoms with E-state index in [9.17, 15) is 0 Å². The zero-order chi connectivity index (χ0) is 15.3. The van der Waals surface area contributed by atoms with Crippen LogP contribution in [0.2, 0.25) is 0 Å². The summed E-state index contributed by atoms with van der Waals surface area (Å²) < 4.78 is 2.53. The molecule has 1 atom stereocenters. The fourth-order valence-corrected chi connectivity index (χ4v) is 4.33. The smallest absolute Gasteiger partial charge is 0.0872 e. The van der Waals surface area contributed by atoms with Gasteiger partial charge in [0.25, 0.3) is 0 Å². The van der Waals surface area contributed by atoms with Crippen LogP contribution >= 0.6 is 0 Å². The SMILES string of the molecule is CC(C)c1ccc2c(c1)c1c3n2CCN(CC#N)C3CCC1. The van der Waals surface area contributed by atoms with Crippen LogP contribution in [0.25, 0.3) is 10.9 Å². The summed E-state index contributed by atoms with van der Waals surface area (Å²) in [5.74, 6) is 0.572. The third-order valence-corrected chi connectivity index (χ3v) is 5.45. The Morgan fingerprint density at radius 2 is 2.18 bits per heavy atom. The van der Waals surface area contributed by atoms with Crippen LogP contribution < -0.4 is 0 Å². The van der Waals surface area contributed by atoms with Gasteiger partial charge in [0.1, 0.15) is 0 Å². The van der Waals surface area contributed by atoms with Crippen molar-refractivity contribution < 1.29 is 0 Å². The molecule has 0 spiro atoms. The number of nitrogens with zero attached hydrogens (tertiary/aromatic N) is 3. The third kappa shape index (κ3) is 1.90. The van der Waals surface area contributed by atoms with Crippen LogP contribution in [0.5, 0.6) is 0 Å². The summed E-state index contributed by atoms with van der Waals surface area (Å²) in [5, 5.41) is 10.6.